The van der Waals surface area contributed by atoms with Gasteiger partial charge in [0.1, 0.15) is 12.1 Å². The smallest absolute Gasteiger partial charge is 0.256 e. The first-order valence-corrected chi connectivity index (χ1v) is 9.83. The van der Waals surface area contributed by atoms with E-state index >= 15 is 0 Å². The van der Waals surface area contributed by atoms with E-state index in [1.165, 1.54) is 0 Å². The van der Waals surface area contributed by atoms with Gasteiger partial charge >= 0.3 is 0 Å². The fourth-order valence-electron chi connectivity index (χ4n) is 4.48. The van der Waals surface area contributed by atoms with E-state index in [9.17, 15) is 14.9 Å². The van der Waals surface area contributed by atoms with Gasteiger partial charge < -0.3 is 15.6 Å². The van der Waals surface area contributed by atoms with Crippen LogP contribution >= 0.6 is 0 Å². The number of aromatic amines is 1. The van der Waals surface area contributed by atoms with Crippen LogP contribution in [0.15, 0.2) is 59.0 Å². The number of hydrogen-bond donors (Lipinski definition) is 3. The summed E-state index contributed by atoms with van der Waals surface area (Å²) in [5, 5.41) is 18.1. The molecule has 0 radical (unpaired) electrons. The van der Waals surface area contributed by atoms with E-state index in [0.717, 1.165) is 40.4 Å². The lowest BCUT2D eigenvalue weighted by atomic mass is 9.97. The van der Waals surface area contributed by atoms with Crippen molar-refractivity contribution in [3.8, 4) is 6.07 Å². The molecule has 3 N–H and O–H groups in total. The molecular weight excluding hydrogens is 364 g/mol. The number of piperidine rings is 1. The molecule has 144 valence electrons. The van der Waals surface area contributed by atoms with Crippen molar-refractivity contribution in [1.82, 2.24) is 15.6 Å². The number of nitriles is 1. The molecule has 0 fully saturated rings. The Morgan fingerprint density at radius 2 is 2.07 bits per heavy atom. The first kappa shape index (κ1) is 17.5. The van der Waals surface area contributed by atoms with Crippen molar-refractivity contribution in [2.75, 3.05) is 0 Å². The summed E-state index contributed by atoms with van der Waals surface area (Å²) in [6.07, 6.45) is 4.45. The van der Waals surface area contributed by atoms with Crippen molar-refractivity contribution < 1.29 is 4.79 Å². The highest BCUT2D eigenvalue weighted by Gasteiger charge is 2.37. The van der Waals surface area contributed by atoms with Crippen LogP contribution in [-0.2, 0) is 11.2 Å². The maximum absolute atomic E-state index is 12.6. The molecule has 2 aliphatic rings. The van der Waals surface area contributed by atoms with Crippen molar-refractivity contribution in [2.45, 2.75) is 31.3 Å². The molecule has 1 amide bonds. The molecule has 1 aliphatic heterocycles. The van der Waals surface area contributed by atoms with Crippen molar-refractivity contribution in [3.63, 3.8) is 0 Å². The molecule has 2 aromatic carbocycles. The average molecular weight is 384 g/mol. The zero-order valence-electron chi connectivity index (χ0n) is 15.7. The van der Waals surface area contributed by atoms with E-state index in [1.54, 1.807) is 0 Å². The number of rotatable bonds is 4. The van der Waals surface area contributed by atoms with Gasteiger partial charge in [-0.15, -0.1) is 0 Å². The van der Waals surface area contributed by atoms with Crippen LogP contribution in [0.3, 0.4) is 0 Å². The Morgan fingerprint density at radius 1 is 1.21 bits per heavy atom. The van der Waals surface area contributed by atoms with Gasteiger partial charge in [-0.05, 0) is 35.9 Å². The number of benzene rings is 2. The van der Waals surface area contributed by atoms with Gasteiger partial charge in [0.2, 0.25) is 5.91 Å². The maximum Gasteiger partial charge on any atom is 0.256 e. The molecule has 2 heterocycles. The van der Waals surface area contributed by atoms with Crippen molar-refractivity contribution in [3.05, 3.63) is 70.2 Å². The van der Waals surface area contributed by atoms with Crippen LogP contribution in [0.2, 0.25) is 0 Å². The number of pyridine rings is 1. The summed E-state index contributed by atoms with van der Waals surface area (Å²) in [4.78, 5) is 28.0. The summed E-state index contributed by atoms with van der Waals surface area (Å²) >= 11 is 0. The molecule has 6 heteroatoms. The lowest BCUT2D eigenvalue weighted by molar-refractivity contribution is -0.124. The highest BCUT2D eigenvalue weighted by Crippen LogP contribution is 2.32. The van der Waals surface area contributed by atoms with Crippen molar-refractivity contribution in [1.29, 1.82) is 5.26 Å². The number of carbonyl (C=O) groups is 1. The molecule has 2 bridgehead atoms. The van der Waals surface area contributed by atoms with E-state index in [-0.39, 0.29) is 23.4 Å². The minimum Gasteiger partial charge on any atom is -0.377 e. The number of amides is 1. The number of nitrogens with one attached hydrogen (secondary N) is 3. The summed E-state index contributed by atoms with van der Waals surface area (Å²) in [5.41, 5.74) is 2.61. The van der Waals surface area contributed by atoms with Crippen LogP contribution < -0.4 is 16.2 Å². The van der Waals surface area contributed by atoms with Crippen LogP contribution in [0, 0.1) is 17.2 Å². The van der Waals surface area contributed by atoms with Gasteiger partial charge in [0.05, 0.1) is 6.07 Å². The highest BCUT2D eigenvalue weighted by molar-refractivity contribution is 6.05. The third-order valence-corrected chi connectivity index (χ3v) is 5.92. The molecule has 3 atom stereocenters. The van der Waals surface area contributed by atoms with E-state index in [1.807, 2.05) is 42.5 Å². The summed E-state index contributed by atoms with van der Waals surface area (Å²) in [7, 11) is 0. The van der Waals surface area contributed by atoms with Gasteiger partial charge in [0, 0.05) is 34.3 Å². The number of nitrogens with zero attached hydrogens (tertiary/aromatic N) is 1. The first-order valence-electron chi connectivity index (χ1n) is 9.83. The van der Waals surface area contributed by atoms with E-state index in [0.29, 0.717) is 11.8 Å². The Bertz CT molecular complexity index is 1270. The lowest BCUT2D eigenvalue weighted by Crippen LogP contribution is -2.49. The molecular formula is C23H20N4O2. The van der Waals surface area contributed by atoms with Crippen LogP contribution in [0.1, 0.15) is 18.4 Å². The van der Waals surface area contributed by atoms with Crippen LogP contribution in [0.5, 0.6) is 0 Å². The normalized spacial score (nSPS) is 20.9. The topological polar surface area (TPSA) is 97.8 Å². The number of aromatic nitrogens is 1. The van der Waals surface area contributed by atoms with Gasteiger partial charge in [-0.1, -0.05) is 36.4 Å². The van der Waals surface area contributed by atoms with Crippen LogP contribution in [-0.4, -0.2) is 23.0 Å². The molecule has 0 saturated carbocycles. The quantitative estimate of drug-likeness (QED) is 0.602. The van der Waals surface area contributed by atoms with Gasteiger partial charge in [0.25, 0.3) is 5.56 Å². The number of para-hydroxylation sites is 1. The standard InChI is InChI=1S/C23H20N4O2/c24-12-16(26-23(29)21-14-6-7-15(11-14)25-21)9-13-5-8-17-18-3-1-2-4-20(18)27-22(28)19(17)10-13/h1-5,8,10-11,14,16,21,25H,6-7,9H2,(H,26,29)(H,27,28)/t14?,16?,21-/m0/s1. The molecule has 3 aromatic rings. The Balaban J connectivity index is 1.38. The molecule has 6 nitrogen and oxygen atoms in total. The fourth-order valence-corrected chi connectivity index (χ4v) is 4.48. The number of carbonyl (C=O) groups excluding carboxylic acids is 1. The third kappa shape index (κ3) is 3.05. The number of allylic oxidation sites excluding steroid dienone is 1. The second-order valence-electron chi connectivity index (χ2n) is 7.79. The predicted octanol–water partition coefficient (Wildman–Crippen LogP) is 2.50. The molecule has 0 saturated heterocycles. The largest absolute Gasteiger partial charge is 0.377 e. The van der Waals surface area contributed by atoms with Crippen molar-refractivity contribution in [2.24, 2.45) is 5.92 Å². The minimum absolute atomic E-state index is 0.142. The summed E-state index contributed by atoms with van der Waals surface area (Å²) in [6, 6.07) is 14.6. The Morgan fingerprint density at radius 3 is 2.83 bits per heavy atom. The molecule has 2 unspecified atom stereocenters. The zero-order valence-corrected chi connectivity index (χ0v) is 15.7. The van der Waals surface area contributed by atoms with Gasteiger partial charge in [-0.25, -0.2) is 0 Å². The van der Waals surface area contributed by atoms with E-state index in [2.05, 4.69) is 27.8 Å². The van der Waals surface area contributed by atoms with Crippen LogP contribution in [0.25, 0.3) is 21.7 Å². The lowest BCUT2D eigenvalue weighted by Gasteiger charge is -2.24. The van der Waals surface area contributed by atoms with E-state index < -0.39 is 6.04 Å². The van der Waals surface area contributed by atoms with Gasteiger partial charge in [-0.3, -0.25) is 9.59 Å². The van der Waals surface area contributed by atoms with Crippen molar-refractivity contribution >= 4 is 27.6 Å². The SMILES string of the molecule is N#CC(Cc1ccc2c(c1)c(=O)[nH]c1ccccc12)NC(=O)[C@H]1NC2=CC1CC2. The zero-order chi connectivity index (χ0) is 20.0. The molecule has 0 spiro atoms. The Labute approximate surface area is 167 Å². The first-order chi connectivity index (χ1) is 14.1. The van der Waals surface area contributed by atoms with E-state index in [4.69, 9.17) is 0 Å². The van der Waals surface area contributed by atoms with Crippen LogP contribution in [0.4, 0.5) is 0 Å². The van der Waals surface area contributed by atoms with Gasteiger partial charge in [0.15, 0.2) is 0 Å². The Hall–Kier alpha value is -3.59. The Kier molecular flexibility index (Phi) is 4.09. The highest BCUT2D eigenvalue weighted by atomic mass is 16.2. The minimum atomic E-state index is -0.648. The number of H-pyrrole nitrogens is 1. The summed E-state index contributed by atoms with van der Waals surface area (Å²) < 4.78 is 0. The predicted molar refractivity (Wildman–Crippen MR) is 111 cm³/mol. The molecule has 1 aromatic heterocycles. The third-order valence-electron chi connectivity index (χ3n) is 5.92. The summed E-state index contributed by atoms with van der Waals surface area (Å²) in [5.74, 6) is 0.0778. The fraction of sp³-hybridized carbons (Fsp3) is 0.261. The molecule has 1 aliphatic carbocycles. The van der Waals surface area contributed by atoms with Gasteiger partial charge in [-0.2, -0.15) is 5.26 Å². The molecule has 5 rings (SSSR count). The summed E-state index contributed by atoms with van der Waals surface area (Å²) in [6.45, 7) is 0. The average Bonchev–Trinajstić information content (AvgIpc) is 3.37. The number of fused-ring (bicyclic) bond motifs is 4. The molecule has 29 heavy (non-hydrogen) atoms. The second-order valence-corrected chi connectivity index (χ2v) is 7.79. The monoisotopic (exact) mass is 384 g/mol. The second kappa shape index (κ2) is 6.78. The number of hydrogen-bond acceptors (Lipinski definition) is 4. The maximum atomic E-state index is 12.6.